The number of nitrogens with zero attached hydrogens (tertiary/aromatic N) is 4. The van der Waals surface area contributed by atoms with Crippen LogP contribution in [-0.2, 0) is 0 Å². The molecule has 3 rings (SSSR count). The summed E-state index contributed by atoms with van der Waals surface area (Å²) in [5, 5.41) is 12.5. The quantitative estimate of drug-likeness (QED) is 0.529. The summed E-state index contributed by atoms with van der Waals surface area (Å²) in [5.74, 6) is 0. The lowest BCUT2D eigenvalue weighted by Gasteiger charge is -1.90. The molecule has 0 bridgehead atoms. The molecule has 0 spiro atoms. The van der Waals surface area contributed by atoms with Crippen LogP contribution in [0.2, 0.25) is 0 Å². The number of rotatable bonds is 0. The molecule has 2 heterocycles. The Morgan fingerprint density at radius 1 is 0.857 bits per heavy atom. The smallest absolute Gasteiger partial charge is 0.141 e. The van der Waals surface area contributed by atoms with Crippen LogP contribution in [-0.4, -0.2) is 20.4 Å². The highest BCUT2D eigenvalue weighted by atomic mass is 15.3. The van der Waals surface area contributed by atoms with E-state index < -0.39 is 0 Å². The van der Waals surface area contributed by atoms with E-state index in [0.717, 1.165) is 21.9 Å². The van der Waals surface area contributed by atoms with E-state index in [0.29, 0.717) is 0 Å². The van der Waals surface area contributed by atoms with E-state index in [9.17, 15) is 0 Å². The van der Waals surface area contributed by atoms with Crippen LogP contribution in [0.3, 0.4) is 0 Å². The summed E-state index contributed by atoms with van der Waals surface area (Å²) in [6.07, 6.45) is 1.75. The van der Waals surface area contributed by atoms with Crippen LogP contribution < -0.4 is 0 Å². The first-order valence-corrected chi connectivity index (χ1v) is 4.28. The molecule has 0 aliphatic rings. The van der Waals surface area contributed by atoms with Gasteiger partial charge in [-0.1, -0.05) is 18.2 Å². The summed E-state index contributed by atoms with van der Waals surface area (Å²) in [6, 6.07) is 9.71. The van der Waals surface area contributed by atoms with Crippen molar-refractivity contribution in [3.8, 4) is 0 Å². The predicted molar refractivity (Wildman–Crippen MR) is 52.6 cm³/mol. The normalized spacial score (nSPS) is 10.9. The van der Waals surface area contributed by atoms with Gasteiger partial charge in [0.25, 0.3) is 0 Å². The van der Waals surface area contributed by atoms with Crippen molar-refractivity contribution in [1.29, 1.82) is 0 Å². The maximum absolute atomic E-state index is 4.30. The Balaban J connectivity index is 2.64. The van der Waals surface area contributed by atoms with E-state index in [1.165, 1.54) is 0 Å². The van der Waals surface area contributed by atoms with E-state index in [1.807, 2.05) is 30.3 Å². The van der Waals surface area contributed by atoms with Gasteiger partial charge in [-0.25, -0.2) is 0 Å². The van der Waals surface area contributed by atoms with E-state index in [1.54, 1.807) is 6.20 Å². The summed E-state index contributed by atoms with van der Waals surface area (Å²) in [7, 11) is 0. The highest BCUT2D eigenvalue weighted by Crippen LogP contribution is 2.18. The molecule has 1 aromatic carbocycles. The molecule has 0 unspecified atom stereocenters. The molecule has 0 fully saturated rings. The van der Waals surface area contributed by atoms with Crippen molar-refractivity contribution in [2.24, 2.45) is 0 Å². The minimum Gasteiger partial charge on any atom is -0.254 e. The molecule has 0 amide bonds. The average Bonchev–Trinajstić information content (AvgIpc) is 2.55. The third kappa shape index (κ3) is 0.939. The molecule has 0 radical (unpaired) electrons. The number of aromatic nitrogens is 4. The van der Waals surface area contributed by atoms with Gasteiger partial charge in [-0.15, -0.1) is 10.2 Å². The average molecular weight is 182 g/mol. The van der Waals surface area contributed by atoms with Gasteiger partial charge in [-0.3, -0.25) is 4.98 Å². The fourth-order valence-corrected chi connectivity index (χ4v) is 1.48. The highest BCUT2D eigenvalue weighted by molar-refractivity contribution is 6.00. The third-order valence-corrected chi connectivity index (χ3v) is 2.13. The third-order valence-electron chi connectivity index (χ3n) is 2.13. The first-order valence-electron chi connectivity index (χ1n) is 4.28. The zero-order chi connectivity index (χ0) is 9.38. The molecule has 0 aliphatic heterocycles. The van der Waals surface area contributed by atoms with Crippen LogP contribution in [0.4, 0.5) is 0 Å². The Hall–Kier alpha value is -2.10. The maximum Gasteiger partial charge on any atom is 0.141 e. The zero-order valence-electron chi connectivity index (χ0n) is 7.25. The van der Waals surface area contributed by atoms with Gasteiger partial charge in [0.1, 0.15) is 16.6 Å². The molecule has 4 heteroatoms. The molecule has 0 saturated carbocycles. The Labute approximate surface area is 79.6 Å². The maximum atomic E-state index is 4.30. The van der Waals surface area contributed by atoms with E-state index in [-0.39, 0.29) is 0 Å². The van der Waals surface area contributed by atoms with Gasteiger partial charge < -0.3 is 0 Å². The lowest BCUT2D eigenvalue weighted by Crippen LogP contribution is -1.75. The van der Waals surface area contributed by atoms with Crippen LogP contribution in [0.1, 0.15) is 0 Å². The van der Waals surface area contributed by atoms with Gasteiger partial charge in [0, 0.05) is 11.6 Å². The lowest BCUT2D eigenvalue weighted by molar-refractivity contribution is 0.960. The molecule has 3 aromatic rings. The van der Waals surface area contributed by atoms with Crippen molar-refractivity contribution < 1.29 is 0 Å². The minimum atomic E-state index is 0.763. The fraction of sp³-hybridized carbons (Fsp3) is 0. The number of benzene rings is 1. The van der Waals surface area contributed by atoms with Crippen molar-refractivity contribution in [1.82, 2.24) is 20.4 Å². The Morgan fingerprint density at radius 3 is 2.86 bits per heavy atom. The van der Waals surface area contributed by atoms with E-state index >= 15 is 0 Å². The monoisotopic (exact) mass is 182 g/mol. The predicted octanol–water partition coefficient (Wildman–Crippen LogP) is 1.57. The SMILES string of the molecule is c1ccc2ccc3nnnc3c2nc1. The molecular weight excluding hydrogens is 176 g/mol. The summed E-state index contributed by atoms with van der Waals surface area (Å²) >= 11 is 0. The molecular formula is C10H6N4. The number of hydrogen-bond acceptors (Lipinski definition) is 4. The Bertz CT molecular complexity index is 606. The van der Waals surface area contributed by atoms with E-state index in [4.69, 9.17) is 0 Å². The molecule has 0 atom stereocenters. The van der Waals surface area contributed by atoms with Gasteiger partial charge in [0.15, 0.2) is 0 Å². The Morgan fingerprint density at radius 2 is 1.86 bits per heavy atom. The number of hydrogen-bond donors (Lipinski definition) is 0. The number of fused-ring (bicyclic) bond motifs is 3. The Kier molecular flexibility index (Phi) is 1.41. The highest BCUT2D eigenvalue weighted by Gasteiger charge is 2.03. The van der Waals surface area contributed by atoms with Crippen LogP contribution >= 0.6 is 0 Å². The van der Waals surface area contributed by atoms with Crippen molar-refractivity contribution in [2.45, 2.75) is 0 Å². The van der Waals surface area contributed by atoms with Crippen LogP contribution in [0.5, 0.6) is 0 Å². The second-order valence-corrected chi connectivity index (χ2v) is 2.99. The first-order chi connectivity index (χ1) is 6.95. The summed E-state index contributed by atoms with van der Waals surface area (Å²) in [5.41, 5.74) is 2.40. The van der Waals surface area contributed by atoms with Gasteiger partial charge in [-0.05, 0) is 17.3 Å². The van der Waals surface area contributed by atoms with Crippen LogP contribution in [0, 0.1) is 0 Å². The van der Waals surface area contributed by atoms with Crippen LogP contribution in [0.15, 0.2) is 36.5 Å². The van der Waals surface area contributed by atoms with Crippen molar-refractivity contribution in [3.63, 3.8) is 0 Å². The standard InChI is InChI=1S/C10H6N4/c1-2-6-11-9-7(3-1)4-5-8-10(9)13-14-12-8/h1-6H. The zero-order valence-corrected chi connectivity index (χ0v) is 7.25. The van der Waals surface area contributed by atoms with Gasteiger partial charge >= 0.3 is 0 Å². The van der Waals surface area contributed by atoms with E-state index in [2.05, 4.69) is 20.4 Å². The van der Waals surface area contributed by atoms with Gasteiger partial charge in [0.2, 0.25) is 0 Å². The fourth-order valence-electron chi connectivity index (χ4n) is 1.48. The summed E-state index contributed by atoms with van der Waals surface area (Å²) < 4.78 is 0. The molecule has 66 valence electrons. The second kappa shape index (κ2) is 2.70. The van der Waals surface area contributed by atoms with Gasteiger partial charge in [-0.2, -0.15) is 0 Å². The summed E-state index contributed by atoms with van der Waals surface area (Å²) in [6.45, 7) is 0. The largest absolute Gasteiger partial charge is 0.254 e. The van der Waals surface area contributed by atoms with Crippen LogP contribution in [0.25, 0.3) is 21.9 Å². The molecule has 14 heavy (non-hydrogen) atoms. The molecule has 0 aliphatic carbocycles. The van der Waals surface area contributed by atoms with Crippen molar-refractivity contribution in [3.05, 3.63) is 36.5 Å². The van der Waals surface area contributed by atoms with Crippen molar-refractivity contribution in [2.75, 3.05) is 0 Å². The molecule has 0 saturated heterocycles. The van der Waals surface area contributed by atoms with Gasteiger partial charge in [0.05, 0.1) is 0 Å². The molecule has 2 aromatic heterocycles. The topological polar surface area (TPSA) is 51.6 Å². The lowest BCUT2D eigenvalue weighted by atomic mass is 10.2. The van der Waals surface area contributed by atoms with Crippen molar-refractivity contribution >= 4 is 21.9 Å². The second-order valence-electron chi connectivity index (χ2n) is 2.99. The summed E-state index contributed by atoms with van der Waals surface area (Å²) in [4.78, 5) is 4.30. The minimum absolute atomic E-state index is 0.763. The molecule has 0 N–H and O–H groups in total. The first kappa shape index (κ1) is 7.32. The molecule has 4 nitrogen and oxygen atoms in total.